The lowest BCUT2D eigenvalue weighted by atomic mass is 9.79. The molecule has 1 saturated carbocycles. The Balaban J connectivity index is 1.89. The Morgan fingerprint density at radius 3 is 2.95 bits per heavy atom. The third kappa shape index (κ3) is 2.35. The van der Waals surface area contributed by atoms with Crippen molar-refractivity contribution in [1.29, 1.82) is 0 Å². The van der Waals surface area contributed by atoms with E-state index in [1.165, 1.54) is 41.3 Å². The first-order valence-electron chi connectivity index (χ1n) is 8.05. The Morgan fingerprint density at radius 1 is 1.19 bits per heavy atom. The van der Waals surface area contributed by atoms with Crippen molar-refractivity contribution in [2.24, 2.45) is 11.8 Å². The van der Waals surface area contributed by atoms with Crippen LogP contribution in [0.15, 0.2) is 35.2 Å². The van der Waals surface area contributed by atoms with Gasteiger partial charge in [-0.3, -0.25) is 0 Å². The van der Waals surface area contributed by atoms with Gasteiger partial charge in [0.2, 0.25) is 0 Å². The third-order valence-electron chi connectivity index (χ3n) is 5.16. The second kappa shape index (κ2) is 5.26. The van der Waals surface area contributed by atoms with Crippen molar-refractivity contribution >= 4 is 27.0 Å². The van der Waals surface area contributed by atoms with Crippen LogP contribution in [0, 0.1) is 11.8 Å². The maximum atomic E-state index is 2.36. The number of hydrogen-bond donors (Lipinski definition) is 0. The van der Waals surface area contributed by atoms with Gasteiger partial charge in [-0.05, 0) is 85.7 Å². The van der Waals surface area contributed by atoms with Gasteiger partial charge in [0.1, 0.15) is 0 Å². The number of benzene rings is 1. The van der Waals surface area contributed by atoms with E-state index >= 15 is 0 Å². The summed E-state index contributed by atoms with van der Waals surface area (Å²) in [5.41, 5.74) is 4.93. The number of nitrogens with zero attached hydrogens (tertiary/aromatic N) is 1. The van der Waals surface area contributed by atoms with Crippen molar-refractivity contribution in [3.05, 3.63) is 40.8 Å². The zero-order valence-corrected chi connectivity index (χ0v) is 13.7. The van der Waals surface area contributed by atoms with Crippen molar-refractivity contribution in [1.82, 2.24) is 4.90 Å². The first kappa shape index (κ1) is 13.5. The van der Waals surface area contributed by atoms with Crippen LogP contribution in [0.1, 0.15) is 31.2 Å². The van der Waals surface area contributed by atoms with Gasteiger partial charge in [-0.15, -0.1) is 11.3 Å². The largest absolute Gasteiger partial charge is 0.305 e. The SMILES string of the molecule is CN(C)CC1=C(c2cccc3sccc23)[C@@H]2CC[C@H](C1)C2. The maximum Gasteiger partial charge on any atom is 0.0348 e. The Kier molecular flexibility index (Phi) is 3.39. The van der Waals surface area contributed by atoms with E-state index in [0.717, 1.165) is 18.4 Å². The van der Waals surface area contributed by atoms with Crippen molar-refractivity contribution in [3.8, 4) is 0 Å². The van der Waals surface area contributed by atoms with Gasteiger partial charge in [-0.25, -0.2) is 0 Å². The monoisotopic (exact) mass is 297 g/mol. The molecule has 0 amide bonds. The minimum Gasteiger partial charge on any atom is -0.305 e. The molecular formula is C19H23NS. The standard InChI is InChI=1S/C19H23NS/c1-20(2)12-15-11-13-6-7-14(10-13)19(15)17-4-3-5-18-16(17)8-9-21-18/h3-5,8-9,13-14H,6-7,10-12H2,1-2H3/t13-,14+/m0/s1. The lowest BCUT2D eigenvalue weighted by molar-refractivity contribution is 0.413. The quantitative estimate of drug-likeness (QED) is 0.767. The normalized spacial score (nSPS) is 25.3. The molecule has 1 heterocycles. The number of fused-ring (bicyclic) bond motifs is 3. The van der Waals surface area contributed by atoms with E-state index in [0.29, 0.717) is 0 Å². The Morgan fingerprint density at radius 2 is 2.10 bits per heavy atom. The first-order valence-corrected chi connectivity index (χ1v) is 8.93. The summed E-state index contributed by atoms with van der Waals surface area (Å²) in [6.07, 6.45) is 5.58. The molecule has 0 unspecified atom stereocenters. The summed E-state index contributed by atoms with van der Waals surface area (Å²) >= 11 is 1.87. The molecule has 2 atom stereocenters. The number of likely N-dealkylation sites (N-methyl/N-ethyl adjacent to an activating group) is 1. The Bertz CT molecular complexity index is 694. The van der Waals surface area contributed by atoms with Gasteiger partial charge in [0.15, 0.2) is 0 Å². The second-order valence-electron chi connectivity index (χ2n) is 6.97. The molecule has 0 saturated heterocycles. The van der Waals surface area contributed by atoms with Crippen LogP contribution < -0.4 is 0 Å². The predicted octanol–water partition coefficient (Wildman–Crippen LogP) is 5.04. The van der Waals surface area contributed by atoms with E-state index in [4.69, 9.17) is 0 Å². The molecule has 1 fully saturated rings. The molecule has 2 aromatic rings. The van der Waals surface area contributed by atoms with E-state index in [1.54, 1.807) is 11.1 Å². The van der Waals surface area contributed by atoms with Crippen molar-refractivity contribution < 1.29 is 0 Å². The fourth-order valence-corrected chi connectivity index (χ4v) is 5.25. The highest BCUT2D eigenvalue weighted by atomic mass is 32.1. The second-order valence-corrected chi connectivity index (χ2v) is 7.92. The summed E-state index contributed by atoms with van der Waals surface area (Å²) in [5.74, 6) is 1.76. The van der Waals surface area contributed by atoms with Crippen LogP contribution in [-0.4, -0.2) is 25.5 Å². The van der Waals surface area contributed by atoms with Crippen molar-refractivity contribution in [2.45, 2.75) is 25.7 Å². The molecule has 0 aliphatic heterocycles. The molecule has 1 aromatic heterocycles. The fourth-order valence-electron chi connectivity index (χ4n) is 4.44. The molecule has 0 N–H and O–H groups in total. The summed E-state index contributed by atoms with van der Waals surface area (Å²) in [7, 11) is 4.40. The lowest BCUT2D eigenvalue weighted by Crippen LogP contribution is -2.21. The molecule has 2 heteroatoms. The van der Waals surface area contributed by atoms with Gasteiger partial charge in [-0.1, -0.05) is 17.7 Å². The van der Waals surface area contributed by atoms with Gasteiger partial charge in [0.05, 0.1) is 0 Å². The molecule has 0 radical (unpaired) electrons. The molecule has 4 rings (SSSR count). The molecular weight excluding hydrogens is 274 g/mol. The molecule has 1 nitrogen and oxygen atoms in total. The van der Waals surface area contributed by atoms with Crippen molar-refractivity contribution in [3.63, 3.8) is 0 Å². The van der Waals surface area contributed by atoms with Gasteiger partial charge in [0.25, 0.3) is 0 Å². The zero-order valence-electron chi connectivity index (χ0n) is 12.9. The minimum atomic E-state index is 0.809. The molecule has 2 bridgehead atoms. The van der Waals surface area contributed by atoms with Crippen LogP contribution in [0.2, 0.25) is 0 Å². The van der Waals surface area contributed by atoms with E-state index in [-0.39, 0.29) is 0 Å². The van der Waals surface area contributed by atoms with Gasteiger partial charge < -0.3 is 4.90 Å². The highest BCUT2D eigenvalue weighted by Crippen LogP contribution is 2.50. The maximum absolute atomic E-state index is 2.36. The Hall–Kier alpha value is -1.12. The molecule has 2 aliphatic rings. The summed E-state index contributed by atoms with van der Waals surface area (Å²) in [6.45, 7) is 1.13. The average Bonchev–Trinajstić information content (AvgIpc) is 3.05. The van der Waals surface area contributed by atoms with Crippen molar-refractivity contribution in [2.75, 3.05) is 20.6 Å². The molecule has 110 valence electrons. The summed E-state index contributed by atoms with van der Waals surface area (Å²) in [4.78, 5) is 2.34. The predicted molar refractivity (Wildman–Crippen MR) is 92.7 cm³/mol. The average molecular weight is 297 g/mol. The fraction of sp³-hybridized carbons (Fsp3) is 0.474. The first-order chi connectivity index (χ1) is 10.2. The van der Waals surface area contributed by atoms with Gasteiger partial charge in [0, 0.05) is 11.2 Å². The smallest absolute Gasteiger partial charge is 0.0348 e. The lowest BCUT2D eigenvalue weighted by Gasteiger charge is -2.29. The highest BCUT2D eigenvalue weighted by Gasteiger charge is 2.35. The minimum absolute atomic E-state index is 0.809. The van der Waals surface area contributed by atoms with E-state index in [2.05, 4.69) is 48.6 Å². The van der Waals surface area contributed by atoms with Crippen LogP contribution in [0.25, 0.3) is 15.7 Å². The van der Waals surface area contributed by atoms with E-state index in [9.17, 15) is 0 Å². The summed E-state index contributed by atoms with van der Waals surface area (Å²) in [6, 6.07) is 9.18. The van der Waals surface area contributed by atoms with Gasteiger partial charge >= 0.3 is 0 Å². The number of allylic oxidation sites excluding steroid dienone is 1. The molecule has 21 heavy (non-hydrogen) atoms. The Labute approximate surface area is 131 Å². The third-order valence-corrected chi connectivity index (χ3v) is 6.04. The number of rotatable bonds is 3. The molecule has 1 aromatic carbocycles. The topological polar surface area (TPSA) is 3.24 Å². The van der Waals surface area contributed by atoms with Crippen LogP contribution in [0.3, 0.4) is 0 Å². The molecule has 0 spiro atoms. The van der Waals surface area contributed by atoms with E-state index in [1.807, 2.05) is 11.3 Å². The summed E-state index contributed by atoms with van der Waals surface area (Å²) in [5, 5.41) is 3.71. The van der Waals surface area contributed by atoms with Gasteiger partial charge in [-0.2, -0.15) is 0 Å². The molecule has 2 aliphatic carbocycles. The summed E-state index contributed by atoms with van der Waals surface area (Å²) < 4.78 is 1.43. The van der Waals surface area contributed by atoms with Crippen LogP contribution >= 0.6 is 11.3 Å². The van der Waals surface area contributed by atoms with Crippen LogP contribution in [0.5, 0.6) is 0 Å². The highest BCUT2D eigenvalue weighted by molar-refractivity contribution is 7.17. The van der Waals surface area contributed by atoms with E-state index < -0.39 is 0 Å². The van der Waals surface area contributed by atoms with Crippen LogP contribution in [-0.2, 0) is 0 Å². The zero-order chi connectivity index (χ0) is 14.4. The van der Waals surface area contributed by atoms with Crippen LogP contribution in [0.4, 0.5) is 0 Å². The number of hydrogen-bond acceptors (Lipinski definition) is 2. The number of thiophene rings is 1.